The van der Waals surface area contributed by atoms with Gasteiger partial charge in [-0.2, -0.15) is 0 Å². The molecule has 5 heteroatoms. The lowest BCUT2D eigenvalue weighted by Gasteiger charge is -2.30. The largest absolute Gasteiger partial charge is 0.465 e. The van der Waals surface area contributed by atoms with E-state index < -0.39 is 0 Å². The average Bonchev–Trinajstić information content (AvgIpc) is 2.52. The SMILES string of the molecule is COC(=O)c1ccc(/C=C/C(=O)N2CCOC(C)C2)cc1. The second kappa shape index (κ2) is 7.04. The Morgan fingerprint density at radius 2 is 2.05 bits per heavy atom. The normalized spacial score (nSPS) is 18.8. The highest BCUT2D eigenvalue weighted by atomic mass is 16.5. The Morgan fingerprint density at radius 3 is 2.67 bits per heavy atom. The summed E-state index contributed by atoms with van der Waals surface area (Å²) in [6.07, 6.45) is 3.37. The summed E-state index contributed by atoms with van der Waals surface area (Å²) in [6, 6.07) is 6.90. The van der Waals surface area contributed by atoms with Gasteiger partial charge in [0.2, 0.25) is 5.91 Å². The van der Waals surface area contributed by atoms with Crippen molar-refractivity contribution in [2.75, 3.05) is 26.8 Å². The van der Waals surface area contributed by atoms with Gasteiger partial charge in [0.1, 0.15) is 0 Å². The number of morpholine rings is 1. The predicted octanol–water partition coefficient (Wildman–Crippen LogP) is 1.73. The number of hydrogen-bond donors (Lipinski definition) is 0. The van der Waals surface area contributed by atoms with E-state index in [0.717, 1.165) is 5.56 Å². The summed E-state index contributed by atoms with van der Waals surface area (Å²) in [4.78, 5) is 25.1. The third-order valence-corrected chi connectivity index (χ3v) is 3.30. The van der Waals surface area contributed by atoms with Crippen molar-refractivity contribution < 1.29 is 19.1 Å². The first-order valence-electron chi connectivity index (χ1n) is 6.87. The maximum Gasteiger partial charge on any atom is 0.337 e. The highest BCUT2D eigenvalue weighted by Gasteiger charge is 2.19. The molecule has 0 N–H and O–H groups in total. The van der Waals surface area contributed by atoms with Gasteiger partial charge < -0.3 is 14.4 Å². The maximum atomic E-state index is 12.0. The summed E-state index contributed by atoms with van der Waals surface area (Å²) < 4.78 is 10.0. The number of esters is 1. The Bertz CT molecular complexity index is 536. The molecule has 1 aromatic rings. The van der Waals surface area contributed by atoms with E-state index in [4.69, 9.17) is 4.74 Å². The van der Waals surface area contributed by atoms with Crippen molar-refractivity contribution in [3.05, 3.63) is 41.5 Å². The van der Waals surface area contributed by atoms with Crippen molar-refractivity contribution in [2.24, 2.45) is 0 Å². The Balaban J connectivity index is 1.97. The van der Waals surface area contributed by atoms with Gasteiger partial charge in [-0.1, -0.05) is 12.1 Å². The van der Waals surface area contributed by atoms with Crippen LogP contribution in [-0.2, 0) is 14.3 Å². The van der Waals surface area contributed by atoms with Gasteiger partial charge in [0.05, 0.1) is 25.4 Å². The molecule has 1 unspecified atom stereocenters. The van der Waals surface area contributed by atoms with Crippen LogP contribution in [0.2, 0.25) is 0 Å². The van der Waals surface area contributed by atoms with E-state index in [1.165, 1.54) is 7.11 Å². The van der Waals surface area contributed by atoms with Gasteiger partial charge in [-0.25, -0.2) is 4.79 Å². The highest BCUT2D eigenvalue weighted by Crippen LogP contribution is 2.09. The lowest BCUT2D eigenvalue weighted by molar-refractivity contribution is -0.132. The number of rotatable bonds is 3. The smallest absolute Gasteiger partial charge is 0.337 e. The maximum absolute atomic E-state index is 12.0. The number of amides is 1. The van der Waals surface area contributed by atoms with Crippen LogP contribution in [0, 0.1) is 0 Å². The molecule has 21 heavy (non-hydrogen) atoms. The number of carbonyl (C=O) groups is 2. The number of methoxy groups -OCH3 is 1. The summed E-state index contributed by atoms with van der Waals surface area (Å²) >= 11 is 0. The molecular weight excluding hydrogens is 270 g/mol. The quantitative estimate of drug-likeness (QED) is 0.628. The van der Waals surface area contributed by atoms with Crippen molar-refractivity contribution in [1.82, 2.24) is 4.90 Å². The molecule has 1 atom stereocenters. The second-order valence-corrected chi connectivity index (χ2v) is 4.91. The number of hydrogen-bond acceptors (Lipinski definition) is 4. The van der Waals surface area contributed by atoms with Crippen LogP contribution in [0.1, 0.15) is 22.8 Å². The molecule has 0 aromatic heterocycles. The van der Waals surface area contributed by atoms with Crippen LogP contribution in [0.3, 0.4) is 0 Å². The van der Waals surface area contributed by atoms with Crippen LogP contribution < -0.4 is 0 Å². The highest BCUT2D eigenvalue weighted by molar-refractivity contribution is 5.92. The molecule has 1 fully saturated rings. The summed E-state index contributed by atoms with van der Waals surface area (Å²) in [7, 11) is 1.35. The van der Waals surface area contributed by atoms with Gasteiger partial charge in [-0.05, 0) is 30.7 Å². The summed E-state index contributed by atoms with van der Waals surface area (Å²) in [5.74, 6) is -0.397. The molecule has 0 saturated carbocycles. The first-order chi connectivity index (χ1) is 10.1. The van der Waals surface area contributed by atoms with Crippen LogP contribution in [0.5, 0.6) is 0 Å². The van der Waals surface area contributed by atoms with Crippen LogP contribution in [0.25, 0.3) is 6.08 Å². The Labute approximate surface area is 124 Å². The topological polar surface area (TPSA) is 55.8 Å². The first kappa shape index (κ1) is 15.3. The average molecular weight is 289 g/mol. The summed E-state index contributed by atoms with van der Waals surface area (Å²) in [5.41, 5.74) is 1.35. The molecule has 1 amide bonds. The summed E-state index contributed by atoms with van der Waals surface area (Å²) in [6.45, 7) is 3.77. The lowest BCUT2D eigenvalue weighted by Crippen LogP contribution is -2.43. The zero-order valence-corrected chi connectivity index (χ0v) is 12.2. The molecule has 1 heterocycles. The second-order valence-electron chi connectivity index (χ2n) is 4.91. The fourth-order valence-corrected chi connectivity index (χ4v) is 2.14. The molecule has 0 spiro atoms. The van der Waals surface area contributed by atoms with E-state index >= 15 is 0 Å². The molecule has 1 saturated heterocycles. The molecule has 112 valence electrons. The number of ether oxygens (including phenoxy) is 2. The van der Waals surface area contributed by atoms with Gasteiger partial charge in [0, 0.05) is 19.2 Å². The molecule has 1 aromatic carbocycles. The molecule has 5 nitrogen and oxygen atoms in total. The Kier molecular flexibility index (Phi) is 5.11. The van der Waals surface area contributed by atoms with E-state index in [0.29, 0.717) is 25.3 Å². The molecule has 0 radical (unpaired) electrons. The number of nitrogens with zero attached hydrogens (tertiary/aromatic N) is 1. The predicted molar refractivity (Wildman–Crippen MR) is 78.8 cm³/mol. The molecule has 1 aliphatic heterocycles. The van der Waals surface area contributed by atoms with Gasteiger partial charge in [-0.3, -0.25) is 4.79 Å². The third-order valence-electron chi connectivity index (χ3n) is 3.30. The molecular formula is C16H19NO4. The standard InChI is InChI=1S/C16H19NO4/c1-12-11-17(9-10-21-12)15(18)8-5-13-3-6-14(7-4-13)16(19)20-2/h3-8,12H,9-11H2,1-2H3/b8-5+. The Morgan fingerprint density at radius 1 is 1.33 bits per heavy atom. The van der Waals surface area contributed by atoms with Crippen molar-refractivity contribution in [3.8, 4) is 0 Å². The van der Waals surface area contributed by atoms with E-state index in [1.54, 1.807) is 41.3 Å². The Hall–Kier alpha value is -2.14. The third kappa shape index (κ3) is 4.16. The zero-order chi connectivity index (χ0) is 15.2. The van der Waals surface area contributed by atoms with Gasteiger partial charge in [-0.15, -0.1) is 0 Å². The lowest BCUT2D eigenvalue weighted by atomic mass is 10.1. The first-order valence-corrected chi connectivity index (χ1v) is 6.87. The van der Waals surface area contributed by atoms with Gasteiger partial charge in [0.25, 0.3) is 0 Å². The zero-order valence-electron chi connectivity index (χ0n) is 12.2. The molecule has 0 bridgehead atoms. The van der Waals surface area contributed by atoms with E-state index in [2.05, 4.69) is 4.74 Å². The minimum atomic E-state index is -0.371. The molecule has 1 aliphatic rings. The van der Waals surface area contributed by atoms with Crippen molar-refractivity contribution >= 4 is 18.0 Å². The molecule has 0 aliphatic carbocycles. The van der Waals surface area contributed by atoms with Crippen molar-refractivity contribution in [2.45, 2.75) is 13.0 Å². The minimum Gasteiger partial charge on any atom is -0.465 e. The van der Waals surface area contributed by atoms with Gasteiger partial charge >= 0.3 is 5.97 Å². The van der Waals surface area contributed by atoms with Gasteiger partial charge in [0.15, 0.2) is 0 Å². The van der Waals surface area contributed by atoms with E-state index in [-0.39, 0.29) is 18.0 Å². The monoisotopic (exact) mass is 289 g/mol. The minimum absolute atomic E-state index is 0.0257. The van der Waals surface area contributed by atoms with E-state index in [1.807, 2.05) is 6.92 Å². The van der Waals surface area contributed by atoms with Crippen LogP contribution >= 0.6 is 0 Å². The fraction of sp³-hybridized carbons (Fsp3) is 0.375. The number of carbonyl (C=O) groups excluding carboxylic acids is 2. The van der Waals surface area contributed by atoms with Crippen LogP contribution in [0.15, 0.2) is 30.3 Å². The van der Waals surface area contributed by atoms with Crippen LogP contribution in [-0.4, -0.2) is 49.7 Å². The fourth-order valence-electron chi connectivity index (χ4n) is 2.14. The van der Waals surface area contributed by atoms with Crippen molar-refractivity contribution in [1.29, 1.82) is 0 Å². The summed E-state index contributed by atoms with van der Waals surface area (Å²) in [5, 5.41) is 0. The van der Waals surface area contributed by atoms with Crippen molar-refractivity contribution in [3.63, 3.8) is 0 Å². The van der Waals surface area contributed by atoms with E-state index in [9.17, 15) is 9.59 Å². The molecule has 2 rings (SSSR count). The van der Waals surface area contributed by atoms with Crippen LogP contribution in [0.4, 0.5) is 0 Å². The number of benzene rings is 1.